The van der Waals surface area contributed by atoms with Crippen molar-refractivity contribution in [3.8, 4) is 0 Å². The molecular weight excluding hydrogens is 208 g/mol. The molecule has 68 valence electrons. The third-order valence-corrected chi connectivity index (χ3v) is 3.16. The Morgan fingerprint density at radius 2 is 2.46 bits per heavy atom. The van der Waals surface area contributed by atoms with Crippen LogP contribution in [0.5, 0.6) is 0 Å². The predicted molar refractivity (Wildman–Crippen MR) is 55.4 cm³/mol. The minimum atomic E-state index is -0.228. The number of hydrogen-bond donors (Lipinski definition) is 1. The molecule has 1 aliphatic heterocycles. The van der Waals surface area contributed by atoms with Crippen molar-refractivity contribution in [1.29, 1.82) is 0 Å². The largest absolute Gasteiger partial charge is 0.381 e. The van der Waals surface area contributed by atoms with Gasteiger partial charge in [-0.1, -0.05) is 28.5 Å². The fourth-order valence-electron chi connectivity index (χ4n) is 1.19. The first-order valence-corrected chi connectivity index (χ1v) is 5.08. The number of benzene rings is 1. The van der Waals surface area contributed by atoms with Crippen molar-refractivity contribution in [2.24, 2.45) is 5.18 Å². The summed E-state index contributed by atoms with van der Waals surface area (Å²) < 4.78 is 0. The summed E-state index contributed by atoms with van der Waals surface area (Å²) in [6.45, 7) is 0.571. The van der Waals surface area contributed by atoms with Crippen LogP contribution in [0.15, 0.2) is 28.3 Å². The molecule has 0 saturated carbocycles. The summed E-state index contributed by atoms with van der Waals surface area (Å²) in [5.41, 5.74) is 0.984. The number of nitrogens with zero attached hydrogens (tertiary/aromatic N) is 1. The zero-order chi connectivity index (χ0) is 9.26. The van der Waals surface area contributed by atoms with E-state index < -0.39 is 0 Å². The highest BCUT2D eigenvalue weighted by atomic mass is 35.5. The molecule has 0 spiro atoms. The Morgan fingerprint density at radius 3 is 3.23 bits per heavy atom. The summed E-state index contributed by atoms with van der Waals surface area (Å²) in [7, 11) is 0. The molecule has 1 aliphatic rings. The van der Waals surface area contributed by atoms with Crippen molar-refractivity contribution in [3.63, 3.8) is 0 Å². The fourth-order valence-corrected chi connectivity index (χ4v) is 2.27. The van der Waals surface area contributed by atoms with Crippen molar-refractivity contribution >= 4 is 29.1 Å². The summed E-state index contributed by atoms with van der Waals surface area (Å²) in [6.07, 6.45) is 0. The van der Waals surface area contributed by atoms with Gasteiger partial charge in [-0.05, 0) is 18.2 Å². The second kappa shape index (κ2) is 3.55. The van der Waals surface area contributed by atoms with Crippen LogP contribution in [0.2, 0.25) is 5.02 Å². The lowest BCUT2D eigenvalue weighted by molar-refractivity contribution is 0.925. The Kier molecular flexibility index (Phi) is 2.42. The van der Waals surface area contributed by atoms with Crippen LogP contribution in [0.3, 0.4) is 0 Å². The van der Waals surface area contributed by atoms with E-state index >= 15 is 0 Å². The number of fused-ring (bicyclic) bond motifs is 1. The van der Waals surface area contributed by atoms with Crippen molar-refractivity contribution in [2.45, 2.75) is 10.3 Å². The quantitative estimate of drug-likeness (QED) is 0.731. The molecule has 1 atom stereocenters. The maximum absolute atomic E-state index is 10.3. The molecule has 3 nitrogen and oxygen atoms in total. The average molecular weight is 215 g/mol. The maximum Gasteiger partial charge on any atom is 0.159 e. The van der Waals surface area contributed by atoms with Crippen LogP contribution in [-0.4, -0.2) is 11.9 Å². The third kappa shape index (κ3) is 1.78. The van der Waals surface area contributed by atoms with Gasteiger partial charge in [0.25, 0.3) is 0 Å². The summed E-state index contributed by atoms with van der Waals surface area (Å²) in [4.78, 5) is 11.3. The molecule has 0 saturated heterocycles. The second-order valence-corrected chi connectivity index (χ2v) is 4.36. The summed E-state index contributed by atoms with van der Waals surface area (Å²) in [5.74, 6) is 0. The zero-order valence-corrected chi connectivity index (χ0v) is 8.23. The van der Waals surface area contributed by atoms with E-state index in [0.29, 0.717) is 11.6 Å². The van der Waals surface area contributed by atoms with Crippen LogP contribution in [-0.2, 0) is 0 Å². The molecule has 2 rings (SSSR count). The molecule has 0 radical (unpaired) electrons. The molecule has 5 heteroatoms. The number of anilines is 1. The normalized spacial score (nSPS) is 20.2. The van der Waals surface area contributed by atoms with Crippen LogP contribution >= 0.6 is 23.4 Å². The van der Waals surface area contributed by atoms with Gasteiger partial charge in [-0.25, -0.2) is 0 Å². The Hall–Kier alpha value is -0.740. The molecule has 0 fully saturated rings. The van der Waals surface area contributed by atoms with E-state index in [1.165, 1.54) is 11.8 Å². The molecule has 1 aromatic rings. The standard InChI is InChI=1S/C8H7ClN2OS/c9-5-1-2-7-6(3-5)10-4-8(11-12)13-7/h1-3,8,10H,4H2. The van der Waals surface area contributed by atoms with Crippen LogP contribution in [0.4, 0.5) is 5.69 Å². The molecule has 0 aromatic heterocycles. The van der Waals surface area contributed by atoms with Gasteiger partial charge in [0.1, 0.15) is 0 Å². The van der Waals surface area contributed by atoms with Gasteiger partial charge in [0.2, 0.25) is 0 Å². The number of nitroso groups, excluding NO2 is 1. The fraction of sp³-hybridized carbons (Fsp3) is 0.250. The van der Waals surface area contributed by atoms with Crippen molar-refractivity contribution in [3.05, 3.63) is 28.1 Å². The third-order valence-electron chi connectivity index (χ3n) is 1.79. The van der Waals surface area contributed by atoms with Gasteiger partial charge in [-0.2, -0.15) is 0 Å². The molecule has 1 N–H and O–H groups in total. The number of thioether (sulfide) groups is 1. The predicted octanol–water partition coefficient (Wildman–Crippen LogP) is 2.95. The van der Waals surface area contributed by atoms with Crippen molar-refractivity contribution < 1.29 is 0 Å². The number of hydrogen-bond acceptors (Lipinski definition) is 4. The van der Waals surface area contributed by atoms with E-state index in [-0.39, 0.29) is 5.37 Å². The van der Waals surface area contributed by atoms with Gasteiger partial charge >= 0.3 is 0 Å². The summed E-state index contributed by atoms with van der Waals surface area (Å²) >= 11 is 7.28. The highest BCUT2D eigenvalue weighted by Crippen LogP contribution is 2.36. The SMILES string of the molecule is O=NC1CNc2cc(Cl)ccc2S1. The van der Waals surface area contributed by atoms with Gasteiger partial charge in [-0.15, -0.1) is 4.91 Å². The van der Waals surface area contributed by atoms with E-state index in [1.54, 1.807) is 0 Å². The van der Waals surface area contributed by atoms with Gasteiger partial charge in [0, 0.05) is 15.6 Å². The lowest BCUT2D eigenvalue weighted by Gasteiger charge is -2.20. The first-order valence-electron chi connectivity index (χ1n) is 3.82. The maximum atomic E-state index is 10.3. The number of nitrogens with one attached hydrogen (secondary N) is 1. The zero-order valence-electron chi connectivity index (χ0n) is 6.66. The first-order chi connectivity index (χ1) is 6.29. The van der Waals surface area contributed by atoms with E-state index in [4.69, 9.17) is 11.6 Å². The van der Waals surface area contributed by atoms with Crippen LogP contribution in [0.25, 0.3) is 0 Å². The van der Waals surface area contributed by atoms with Crippen LogP contribution in [0.1, 0.15) is 0 Å². The van der Waals surface area contributed by atoms with E-state index in [9.17, 15) is 4.91 Å². The average Bonchev–Trinajstić information content (AvgIpc) is 2.17. The Bertz CT molecular complexity index is 345. The summed E-state index contributed by atoms with van der Waals surface area (Å²) in [6, 6.07) is 5.56. The molecule has 13 heavy (non-hydrogen) atoms. The van der Waals surface area contributed by atoms with Gasteiger partial charge in [0.15, 0.2) is 5.37 Å². The Labute approximate surface area is 84.8 Å². The van der Waals surface area contributed by atoms with Crippen molar-refractivity contribution in [2.75, 3.05) is 11.9 Å². The molecule has 0 amide bonds. The number of halogens is 1. The molecule has 0 aliphatic carbocycles. The highest BCUT2D eigenvalue weighted by Gasteiger charge is 2.18. The van der Waals surface area contributed by atoms with Gasteiger partial charge < -0.3 is 5.32 Å². The number of rotatable bonds is 1. The van der Waals surface area contributed by atoms with Crippen LogP contribution < -0.4 is 5.32 Å². The lowest BCUT2D eigenvalue weighted by Crippen LogP contribution is -2.18. The first kappa shape index (κ1) is 8.84. The smallest absolute Gasteiger partial charge is 0.159 e. The summed E-state index contributed by atoms with van der Waals surface area (Å²) in [5, 5.41) is 6.56. The molecule has 0 bridgehead atoms. The Balaban J connectivity index is 2.31. The van der Waals surface area contributed by atoms with E-state index in [1.807, 2.05) is 18.2 Å². The lowest BCUT2D eigenvalue weighted by atomic mass is 10.3. The van der Waals surface area contributed by atoms with Crippen LogP contribution in [0, 0.1) is 4.91 Å². The second-order valence-electron chi connectivity index (χ2n) is 2.70. The minimum absolute atomic E-state index is 0.228. The van der Waals surface area contributed by atoms with Crippen molar-refractivity contribution in [1.82, 2.24) is 0 Å². The van der Waals surface area contributed by atoms with Gasteiger partial charge in [0.05, 0.1) is 6.54 Å². The minimum Gasteiger partial charge on any atom is -0.381 e. The molecule has 1 heterocycles. The van der Waals surface area contributed by atoms with E-state index in [2.05, 4.69) is 10.5 Å². The monoisotopic (exact) mass is 214 g/mol. The molecule has 1 unspecified atom stereocenters. The Morgan fingerprint density at radius 1 is 1.62 bits per heavy atom. The molecule has 1 aromatic carbocycles. The molecular formula is C8H7ClN2OS. The van der Waals surface area contributed by atoms with E-state index in [0.717, 1.165) is 10.6 Å². The van der Waals surface area contributed by atoms with Gasteiger partial charge in [-0.3, -0.25) is 0 Å². The highest BCUT2D eigenvalue weighted by molar-refractivity contribution is 8.00. The topological polar surface area (TPSA) is 41.5 Å².